The number of aryl methyl sites for hydroxylation is 2. The van der Waals surface area contributed by atoms with Crippen LogP contribution in [0, 0.1) is 6.92 Å². The van der Waals surface area contributed by atoms with E-state index in [1.807, 2.05) is 0 Å². The number of carboxylic acid groups (broad SMARTS) is 1. The minimum atomic E-state index is -1.16. The van der Waals surface area contributed by atoms with Gasteiger partial charge < -0.3 is 16.2 Å². The van der Waals surface area contributed by atoms with Gasteiger partial charge in [0.1, 0.15) is 5.69 Å². The van der Waals surface area contributed by atoms with Crippen LogP contribution in [0.15, 0.2) is 24.3 Å². The van der Waals surface area contributed by atoms with Crippen LogP contribution in [0.4, 0.5) is 11.4 Å². The molecule has 1 aromatic heterocycles. The number of anilines is 2. The molecule has 2 rings (SSSR count). The van der Waals surface area contributed by atoms with Gasteiger partial charge in [-0.15, -0.1) is 0 Å². The van der Waals surface area contributed by atoms with Crippen molar-refractivity contribution in [3.63, 3.8) is 0 Å². The molecule has 7 heteroatoms. The number of hydrogen-bond donors (Lipinski definition) is 3. The number of carboxylic acids is 1. The third-order valence-electron chi connectivity index (χ3n) is 2.76. The molecule has 0 atom stereocenters. The summed E-state index contributed by atoms with van der Waals surface area (Å²) in [6.45, 7) is 1.77. The van der Waals surface area contributed by atoms with E-state index in [1.165, 1.54) is 22.9 Å². The topological polar surface area (TPSA) is 110 Å². The van der Waals surface area contributed by atoms with E-state index in [2.05, 4.69) is 10.4 Å². The van der Waals surface area contributed by atoms with Gasteiger partial charge in [-0.3, -0.25) is 9.48 Å². The molecule has 20 heavy (non-hydrogen) atoms. The summed E-state index contributed by atoms with van der Waals surface area (Å²) >= 11 is 0. The molecule has 7 nitrogen and oxygen atoms in total. The lowest BCUT2D eigenvalue weighted by molar-refractivity contribution is 0.0698. The van der Waals surface area contributed by atoms with Gasteiger partial charge in [-0.1, -0.05) is 0 Å². The van der Waals surface area contributed by atoms with Crippen LogP contribution in [0.3, 0.4) is 0 Å². The van der Waals surface area contributed by atoms with Crippen molar-refractivity contribution in [2.24, 2.45) is 7.05 Å². The Morgan fingerprint density at radius 3 is 2.60 bits per heavy atom. The number of carbonyl (C=O) groups is 2. The molecule has 0 bridgehead atoms. The second kappa shape index (κ2) is 5.04. The molecule has 1 heterocycles. The van der Waals surface area contributed by atoms with Crippen LogP contribution in [0.25, 0.3) is 0 Å². The van der Waals surface area contributed by atoms with Gasteiger partial charge in [-0.05, 0) is 31.2 Å². The normalized spacial score (nSPS) is 10.3. The molecule has 0 aliphatic carbocycles. The Labute approximate surface area is 115 Å². The summed E-state index contributed by atoms with van der Waals surface area (Å²) in [5, 5.41) is 15.7. The second-order valence-corrected chi connectivity index (χ2v) is 4.36. The van der Waals surface area contributed by atoms with E-state index in [4.69, 9.17) is 10.8 Å². The van der Waals surface area contributed by atoms with Crippen LogP contribution in [0.1, 0.15) is 26.5 Å². The number of nitrogens with zero attached hydrogens (tertiary/aromatic N) is 2. The molecule has 0 aliphatic rings. The monoisotopic (exact) mass is 274 g/mol. The number of rotatable bonds is 3. The maximum absolute atomic E-state index is 12.1. The molecule has 0 spiro atoms. The summed E-state index contributed by atoms with van der Waals surface area (Å²) in [7, 11) is 1.64. The summed E-state index contributed by atoms with van der Waals surface area (Å²) in [5.41, 5.74) is 7.04. The molecule has 0 unspecified atom stereocenters. The highest BCUT2D eigenvalue weighted by Crippen LogP contribution is 2.20. The zero-order valence-electron chi connectivity index (χ0n) is 11.0. The first-order valence-corrected chi connectivity index (χ1v) is 5.83. The largest absolute Gasteiger partial charge is 0.478 e. The number of aromatic nitrogens is 2. The van der Waals surface area contributed by atoms with Gasteiger partial charge in [0.2, 0.25) is 0 Å². The first kappa shape index (κ1) is 13.6. The van der Waals surface area contributed by atoms with Crippen molar-refractivity contribution >= 4 is 23.3 Å². The molecule has 2 aromatic rings. The highest BCUT2D eigenvalue weighted by Gasteiger charge is 2.16. The molecule has 1 aromatic carbocycles. The average Bonchev–Trinajstić information content (AvgIpc) is 2.70. The Kier molecular flexibility index (Phi) is 3.43. The predicted molar refractivity (Wildman–Crippen MR) is 73.7 cm³/mol. The molecular formula is C13H14N4O3. The van der Waals surface area contributed by atoms with Gasteiger partial charge in [0.15, 0.2) is 0 Å². The van der Waals surface area contributed by atoms with E-state index in [-0.39, 0.29) is 11.3 Å². The van der Waals surface area contributed by atoms with Crippen molar-refractivity contribution in [3.8, 4) is 0 Å². The lowest BCUT2D eigenvalue weighted by Crippen LogP contribution is -2.18. The number of nitrogens with two attached hydrogens (primary N) is 1. The average molecular weight is 274 g/mol. The number of nitrogen functional groups attached to an aromatic ring is 1. The number of nitrogens with one attached hydrogen (secondary N) is 1. The summed E-state index contributed by atoms with van der Waals surface area (Å²) in [4.78, 5) is 23.3. The summed E-state index contributed by atoms with van der Waals surface area (Å²) in [5.74, 6) is -1.59. The quantitative estimate of drug-likeness (QED) is 0.730. The highest BCUT2D eigenvalue weighted by atomic mass is 16.4. The Morgan fingerprint density at radius 1 is 1.35 bits per heavy atom. The van der Waals surface area contributed by atoms with E-state index in [9.17, 15) is 9.59 Å². The molecule has 1 amide bonds. The first-order chi connectivity index (χ1) is 9.38. The van der Waals surface area contributed by atoms with Gasteiger partial charge >= 0.3 is 5.97 Å². The fourth-order valence-electron chi connectivity index (χ4n) is 1.86. The zero-order chi connectivity index (χ0) is 14.9. The van der Waals surface area contributed by atoms with Crippen molar-refractivity contribution in [2.75, 3.05) is 11.1 Å². The van der Waals surface area contributed by atoms with Crippen LogP contribution in [0.5, 0.6) is 0 Å². The summed E-state index contributed by atoms with van der Waals surface area (Å²) in [6.07, 6.45) is 0. The zero-order valence-corrected chi connectivity index (χ0v) is 11.0. The number of benzene rings is 1. The van der Waals surface area contributed by atoms with Crippen molar-refractivity contribution < 1.29 is 14.7 Å². The second-order valence-electron chi connectivity index (χ2n) is 4.36. The Bertz CT molecular complexity index is 691. The molecular weight excluding hydrogens is 260 g/mol. The summed E-state index contributed by atoms with van der Waals surface area (Å²) < 4.78 is 1.43. The van der Waals surface area contributed by atoms with E-state index in [0.717, 1.165) is 0 Å². The minimum Gasteiger partial charge on any atom is -0.478 e. The molecule has 104 valence electrons. The molecule has 0 aliphatic heterocycles. The van der Waals surface area contributed by atoms with Crippen LogP contribution in [-0.4, -0.2) is 26.8 Å². The van der Waals surface area contributed by atoms with Crippen LogP contribution in [0.2, 0.25) is 0 Å². The van der Waals surface area contributed by atoms with Gasteiger partial charge in [-0.2, -0.15) is 5.10 Å². The molecule has 0 saturated heterocycles. The fraction of sp³-hybridized carbons (Fsp3) is 0.154. The number of hydrogen-bond acceptors (Lipinski definition) is 4. The smallest absolute Gasteiger partial charge is 0.337 e. The van der Waals surface area contributed by atoms with Gasteiger partial charge in [0.05, 0.1) is 16.9 Å². The lowest BCUT2D eigenvalue weighted by Gasteiger charge is -2.09. The van der Waals surface area contributed by atoms with E-state index in [1.54, 1.807) is 20.0 Å². The molecule has 0 saturated carbocycles. The predicted octanol–water partition coefficient (Wildman–Crippen LogP) is 1.26. The summed E-state index contributed by atoms with van der Waals surface area (Å²) in [6, 6.07) is 5.90. The van der Waals surface area contributed by atoms with Crippen LogP contribution >= 0.6 is 0 Å². The van der Waals surface area contributed by atoms with Crippen molar-refractivity contribution in [1.29, 1.82) is 0 Å². The first-order valence-electron chi connectivity index (χ1n) is 5.83. The van der Waals surface area contributed by atoms with Gasteiger partial charge in [0, 0.05) is 12.7 Å². The van der Waals surface area contributed by atoms with Gasteiger partial charge in [-0.25, -0.2) is 4.79 Å². The van der Waals surface area contributed by atoms with Crippen LogP contribution in [-0.2, 0) is 7.05 Å². The SMILES string of the molecule is Cc1cc(C(=O)Nc2ccc(N)cc2C(=O)O)n(C)n1. The highest BCUT2D eigenvalue weighted by molar-refractivity contribution is 6.07. The number of carbonyl (C=O) groups excluding carboxylic acids is 1. The molecule has 0 radical (unpaired) electrons. The van der Waals surface area contributed by atoms with Crippen LogP contribution < -0.4 is 11.1 Å². The van der Waals surface area contributed by atoms with Crippen molar-refractivity contribution in [2.45, 2.75) is 6.92 Å². The van der Waals surface area contributed by atoms with Crippen molar-refractivity contribution in [1.82, 2.24) is 9.78 Å². The Morgan fingerprint density at radius 2 is 2.05 bits per heavy atom. The third-order valence-corrected chi connectivity index (χ3v) is 2.76. The Hall–Kier alpha value is -2.83. The maximum atomic E-state index is 12.1. The molecule has 0 fully saturated rings. The lowest BCUT2D eigenvalue weighted by atomic mass is 10.1. The fourth-order valence-corrected chi connectivity index (χ4v) is 1.86. The van der Waals surface area contributed by atoms with E-state index < -0.39 is 11.9 Å². The standard InChI is InChI=1S/C13H14N4O3/c1-7-5-11(17(2)16-7)12(18)15-10-4-3-8(14)6-9(10)13(19)20/h3-6H,14H2,1-2H3,(H,15,18)(H,19,20). The number of aromatic carboxylic acids is 1. The van der Waals surface area contributed by atoms with E-state index >= 15 is 0 Å². The van der Waals surface area contributed by atoms with Gasteiger partial charge in [0.25, 0.3) is 5.91 Å². The van der Waals surface area contributed by atoms with Crippen molar-refractivity contribution in [3.05, 3.63) is 41.2 Å². The number of amides is 1. The Balaban J connectivity index is 2.33. The molecule has 4 N–H and O–H groups in total. The third kappa shape index (κ3) is 2.61. The van der Waals surface area contributed by atoms with E-state index in [0.29, 0.717) is 17.1 Å². The minimum absolute atomic E-state index is 0.0581. The maximum Gasteiger partial charge on any atom is 0.337 e.